The second-order valence-electron chi connectivity index (χ2n) is 8.05. The van der Waals surface area contributed by atoms with Crippen molar-refractivity contribution in [2.75, 3.05) is 0 Å². The normalized spacial score (nSPS) is 12.2. The van der Waals surface area contributed by atoms with Gasteiger partial charge in [-0.15, -0.1) is 0 Å². The quantitative estimate of drug-likeness (QED) is 0.814. The molecular weight excluding hydrogens is 316 g/mol. The van der Waals surface area contributed by atoms with Gasteiger partial charge in [-0.2, -0.15) is 0 Å². The molecule has 1 aromatic carbocycles. The van der Waals surface area contributed by atoms with E-state index in [1.54, 1.807) is 0 Å². The summed E-state index contributed by atoms with van der Waals surface area (Å²) in [6.45, 7) is 15.2. The van der Waals surface area contributed by atoms with Crippen LogP contribution in [0, 0.1) is 5.92 Å². The van der Waals surface area contributed by atoms with Crippen LogP contribution in [-0.2, 0) is 20.6 Å². The van der Waals surface area contributed by atoms with E-state index >= 15 is 0 Å². The molecule has 0 spiro atoms. The first-order valence-corrected chi connectivity index (χ1v) is 8.77. The zero-order valence-electron chi connectivity index (χ0n) is 16.7. The van der Waals surface area contributed by atoms with Gasteiger partial charge in [-0.05, 0) is 52.7 Å². The van der Waals surface area contributed by atoms with Crippen LogP contribution in [0.2, 0.25) is 0 Å². The van der Waals surface area contributed by atoms with Gasteiger partial charge in [-0.25, -0.2) is 4.79 Å². The van der Waals surface area contributed by atoms with Crippen molar-refractivity contribution in [3.05, 3.63) is 35.4 Å². The molecule has 0 unspecified atom stereocenters. The molecule has 1 rings (SSSR count). The van der Waals surface area contributed by atoms with Crippen LogP contribution in [0.15, 0.2) is 24.3 Å². The summed E-state index contributed by atoms with van der Waals surface area (Å²) in [6, 6.07) is 7.89. The molecule has 25 heavy (non-hydrogen) atoms. The zero-order valence-corrected chi connectivity index (χ0v) is 16.7. The first-order chi connectivity index (χ1) is 11.3. The molecule has 0 aliphatic rings. The van der Waals surface area contributed by atoms with Crippen LogP contribution in [0.4, 0.5) is 4.79 Å². The van der Waals surface area contributed by atoms with Gasteiger partial charge in [0.1, 0.15) is 0 Å². The fraction of sp³-hybridized carbons (Fsp3) is 0.600. The summed E-state index contributed by atoms with van der Waals surface area (Å²) in [7, 11) is 0. The number of ether oxygens (including phenoxy) is 1. The summed E-state index contributed by atoms with van der Waals surface area (Å²) >= 11 is 0. The van der Waals surface area contributed by atoms with Crippen LogP contribution in [0.1, 0.15) is 66.5 Å². The lowest BCUT2D eigenvalue weighted by Gasteiger charge is -2.30. The summed E-state index contributed by atoms with van der Waals surface area (Å²) in [5, 5.41) is 5.93. The summed E-state index contributed by atoms with van der Waals surface area (Å²) < 4.78 is 5.15. The summed E-state index contributed by atoms with van der Waals surface area (Å²) in [4.78, 5) is 23.9. The minimum Gasteiger partial charge on any atom is -0.447 e. The van der Waals surface area contributed by atoms with Gasteiger partial charge < -0.3 is 15.4 Å². The van der Waals surface area contributed by atoms with Gasteiger partial charge in [0, 0.05) is 5.92 Å². The molecule has 0 fully saturated rings. The molecule has 1 aromatic rings. The predicted octanol–water partition coefficient (Wildman–Crippen LogP) is 4.06. The highest BCUT2D eigenvalue weighted by atomic mass is 16.6. The smallest absolute Gasteiger partial charge is 0.408 e. The second-order valence-corrected chi connectivity index (χ2v) is 8.05. The molecule has 5 heteroatoms. The van der Waals surface area contributed by atoms with E-state index in [9.17, 15) is 9.59 Å². The minimum atomic E-state index is -0.560. The number of hydrogen-bond acceptors (Lipinski definition) is 3. The maximum absolute atomic E-state index is 12.0. The van der Waals surface area contributed by atoms with Crippen molar-refractivity contribution in [2.45, 2.75) is 72.6 Å². The monoisotopic (exact) mass is 348 g/mol. The zero-order chi connectivity index (χ0) is 19.4. The number of benzene rings is 1. The number of rotatable bonds is 6. The number of hydrogen-bond donors (Lipinski definition) is 2. The minimum absolute atomic E-state index is 0.0208. The molecule has 0 aromatic heterocycles. The average molecular weight is 348 g/mol. The van der Waals surface area contributed by atoms with E-state index in [2.05, 4.69) is 10.6 Å². The van der Waals surface area contributed by atoms with Crippen LogP contribution >= 0.6 is 0 Å². The maximum Gasteiger partial charge on any atom is 0.408 e. The summed E-state index contributed by atoms with van der Waals surface area (Å²) in [5.41, 5.74) is 0.942. The highest BCUT2D eigenvalue weighted by Gasteiger charge is 2.27. The Kier molecular flexibility index (Phi) is 6.63. The number of alkyl carbamates (subject to hydrolysis) is 1. The van der Waals surface area contributed by atoms with Crippen molar-refractivity contribution < 1.29 is 14.3 Å². The summed E-state index contributed by atoms with van der Waals surface area (Å²) in [5.74, 6) is -0.0406. The molecular formula is C20H32N2O3. The molecule has 0 bridgehead atoms. The third-order valence-electron chi connectivity index (χ3n) is 4.05. The van der Waals surface area contributed by atoms with Crippen LogP contribution in [0.3, 0.4) is 0 Å². The second kappa shape index (κ2) is 7.89. The molecule has 0 saturated heterocycles. The molecule has 5 nitrogen and oxygen atoms in total. The van der Waals surface area contributed by atoms with Crippen molar-refractivity contribution in [2.24, 2.45) is 5.92 Å². The standard InChI is InChI=1S/C20H32N2O3/c1-13(2)17(23)21-19(5,6)15-9-11-16(12-10-15)20(7,8)22-18(24)25-14(3)4/h9-14H,1-8H3,(H,21,23)(H,22,24). The first kappa shape index (κ1) is 21.0. The van der Waals surface area contributed by atoms with Gasteiger partial charge in [0.15, 0.2) is 0 Å². The van der Waals surface area contributed by atoms with E-state index in [4.69, 9.17) is 4.74 Å². The van der Waals surface area contributed by atoms with E-state index < -0.39 is 17.2 Å². The van der Waals surface area contributed by atoms with E-state index in [-0.39, 0.29) is 17.9 Å². The lowest BCUT2D eigenvalue weighted by atomic mass is 9.88. The highest BCUT2D eigenvalue weighted by Crippen LogP contribution is 2.25. The fourth-order valence-corrected chi connectivity index (χ4v) is 2.40. The molecule has 0 aliphatic heterocycles. The van der Waals surface area contributed by atoms with E-state index in [1.807, 2.05) is 79.7 Å². The molecule has 0 heterocycles. The van der Waals surface area contributed by atoms with Crippen molar-refractivity contribution in [1.82, 2.24) is 10.6 Å². The van der Waals surface area contributed by atoms with Gasteiger partial charge in [0.25, 0.3) is 0 Å². The van der Waals surface area contributed by atoms with Crippen LogP contribution in [0.5, 0.6) is 0 Å². The number of carbonyl (C=O) groups excluding carboxylic acids is 2. The molecule has 2 amide bonds. The van der Waals surface area contributed by atoms with Crippen LogP contribution in [0.25, 0.3) is 0 Å². The number of amides is 2. The molecule has 0 radical (unpaired) electrons. The number of nitrogens with one attached hydrogen (secondary N) is 2. The lowest BCUT2D eigenvalue weighted by Crippen LogP contribution is -2.43. The Hall–Kier alpha value is -2.04. The Bertz CT molecular complexity index is 602. The topological polar surface area (TPSA) is 67.4 Å². The Morgan fingerprint density at radius 1 is 0.840 bits per heavy atom. The SMILES string of the molecule is CC(C)OC(=O)NC(C)(C)c1ccc(C(C)(C)NC(=O)C(C)C)cc1. The molecule has 140 valence electrons. The van der Waals surface area contributed by atoms with Crippen LogP contribution in [-0.4, -0.2) is 18.1 Å². The largest absolute Gasteiger partial charge is 0.447 e. The first-order valence-electron chi connectivity index (χ1n) is 8.77. The van der Waals surface area contributed by atoms with Gasteiger partial charge >= 0.3 is 6.09 Å². The fourth-order valence-electron chi connectivity index (χ4n) is 2.40. The van der Waals surface area contributed by atoms with Gasteiger partial charge in [0.2, 0.25) is 5.91 Å². The van der Waals surface area contributed by atoms with Crippen molar-refractivity contribution in [3.8, 4) is 0 Å². The third-order valence-corrected chi connectivity index (χ3v) is 4.05. The molecule has 0 atom stereocenters. The van der Waals surface area contributed by atoms with Crippen molar-refractivity contribution in [1.29, 1.82) is 0 Å². The molecule has 0 saturated carbocycles. The van der Waals surface area contributed by atoms with E-state index in [0.717, 1.165) is 11.1 Å². The Balaban J connectivity index is 2.90. The molecule has 0 aliphatic carbocycles. The third kappa shape index (κ3) is 6.07. The Labute approximate surface area is 151 Å². The van der Waals surface area contributed by atoms with Gasteiger partial charge in [0.05, 0.1) is 17.2 Å². The maximum atomic E-state index is 12.0. The van der Waals surface area contributed by atoms with E-state index in [0.29, 0.717) is 0 Å². The van der Waals surface area contributed by atoms with Gasteiger partial charge in [-0.1, -0.05) is 38.1 Å². The Morgan fingerprint density at radius 2 is 1.24 bits per heavy atom. The Morgan fingerprint density at radius 3 is 1.60 bits per heavy atom. The predicted molar refractivity (Wildman–Crippen MR) is 100 cm³/mol. The van der Waals surface area contributed by atoms with E-state index in [1.165, 1.54) is 0 Å². The van der Waals surface area contributed by atoms with Crippen molar-refractivity contribution in [3.63, 3.8) is 0 Å². The van der Waals surface area contributed by atoms with Crippen LogP contribution < -0.4 is 10.6 Å². The highest BCUT2D eigenvalue weighted by molar-refractivity contribution is 5.78. The molecule has 2 N–H and O–H groups in total. The number of carbonyl (C=O) groups is 2. The summed E-state index contributed by atoms with van der Waals surface area (Å²) in [6.07, 6.45) is -0.600. The lowest BCUT2D eigenvalue weighted by molar-refractivity contribution is -0.125. The average Bonchev–Trinajstić information content (AvgIpc) is 2.45. The van der Waals surface area contributed by atoms with Crippen molar-refractivity contribution >= 4 is 12.0 Å². The van der Waals surface area contributed by atoms with Gasteiger partial charge in [-0.3, -0.25) is 4.79 Å².